The number of rotatable bonds is 7. The Hall–Kier alpha value is -2.65. The molecule has 0 aliphatic carbocycles. The first-order valence-corrected chi connectivity index (χ1v) is 12.6. The third-order valence-corrected chi connectivity index (χ3v) is 6.95. The lowest BCUT2D eigenvalue weighted by atomic mass is 9.96. The molecule has 3 aliphatic rings. The van der Waals surface area contributed by atoms with Gasteiger partial charge < -0.3 is 25.2 Å². The van der Waals surface area contributed by atoms with E-state index in [1.165, 1.54) is 0 Å². The van der Waals surface area contributed by atoms with Crippen molar-refractivity contribution in [1.29, 1.82) is 0 Å². The molecule has 0 atom stereocenters. The molecule has 4 rings (SSSR count). The Balaban J connectivity index is 1.17. The van der Waals surface area contributed by atoms with E-state index in [1.807, 2.05) is 34.1 Å². The maximum Gasteiger partial charge on any atom is 0.319 e. The van der Waals surface area contributed by atoms with Gasteiger partial charge in [-0.15, -0.1) is 0 Å². The second-order valence-corrected chi connectivity index (χ2v) is 9.41. The van der Waals surface area contributed by atoms with Crippen molar-refractivity contribution in [2.75, 3.05) is 64.3 Å². The minimum atomic E-state index is -0.0642. The first-order valence-electron chi connectivity index (χ1n) is 12.6. The molecule has 0 unspecified atom stereocenters. The number of urea groups is 1. The lowest BCUT2D eigenvalue weighted by molar-refractivity contribution is -0.126. The monoisotopic (exact) mass is 471 g/mol. The molecule has 3 heterocycles. The summed E-state index contributed by atoms with van der Waals surface area (Å²) in [5.74, 6) is -0.0400. The molecule has 34 heavy (non-hydrogen) atoms. The van der Waals surface area contributed by atoms with Crippen molar-refractivity contribution in [3.8, 4) is 0 Å². The average molecular weight is 472 g/mol. The number of hydrogen-bond acceptors (Lipinski definition) is 5. The standard InChI is InChI=1S/C25H37N5O4/c31-23(8-11-28-14-16-34-17-15-28)27-22-5-3-4-20(18-22)19-26-24(32)21-6-12-30(13-7-21)25(33)29-9-1-2-10-29/h3-5,18,21H,1-2,6-17,19H2,(H,26,32)(H,27,31). The van der Waals surface area contributed by atoms with Gasteiger partial charge in [-0.2, -0.15) is 0 Å². The maximum absolute atomic E-state index is 12.7. The zero-order chi connectivity index (χ0) is 23.8. The van der Waals surface area contributed by atoms with Crippen LogP contribution in [0.4, 0.5) is 10.5 Å². The number of nitrogens with zero attached hydrogens (tertiary/aromatic N) is 3. The fourth-order valence-corrected chi connectivity index (χ4v) is 4.84. The number of likely N-dealkylation sites (tertiary alicyclic amines) is 2. The van der Waals surface area contributed by atoms with Crippen LogP contribution in [0.3, 0.4) is 0 Å². The summed E-state index contributed by atoms with van der Waals surface area (Å²) >= 11 is 0. The first-order chi connectivity index (χ1) is 16.6. The van der Waals surface area contributed by atoms with Crippen molar-refractivity contribution < 1.29 is 19.1 Å². The molecule has 3 fully saturated rings. The zero-order valence-corrected chi connectivity index (χ0v) is 20.0. The molecule has 4 amide bonds. The van der Waals surface area contributed by atoms with E-state index in [9.17, 15) is 14.4 Å². The molecule has 0 spiro atoms. The van der Waals surface area contributed by atoms with Crippen molar-refractivity contribution in [1.82, 2.24) is 20.0 Å². The van der Waals surface area contributed by atoms with Gasteiger partial charge in [-0.3, -0.25) is 14.5 Å². The van der Waals surface area contributed by atoms with E-state index in [0.29, 0.717) is 38.9 Å². The largest absolute Gasteiger partial charge is 0.379 e. The summed E-state index contributed by atoms with van der Waals surface area (Å²) in [4.78, 5) is 43.6. The molecule has 0 aromatic heterocycles. The lowest BCUT2D eigenvalue weighted by Crippen LogP contribution is -2.47. The molecular weight excluding hydrogens is 434 g/mol. The number of piperidine rings is 1. The molecule has 9 nitrogen and oxygen atoms in total. The third kappa shape index (κ3) is 6.93. The summed E-state index contributed by atoms with van der Waals surface area (Å²) in [5.41, 5.74) is 1.69. The Kier molecular flexibility index (Phi) is 8.76. The van der Waals surface area contributed by atoms with Crippen LogP contribution in [0.15, 0.2) is 24.3 Å². The van der Waals surface area contributed by atoms with Gasteiger partial charge in [0.15, 0.2) is 0 Å². The Labute approximate surface area is 201 Å². The number of hydrogen-bond donors (Lipinski definition) is 2. The van der Waals surface area contributed by atoms with Crippen LogP contribution in [-0.4, -0.2) is 91.6 Å². The van der Waals surface area contributed by atoms with Crippen molar-refractivity contribution in [3.63, 3.8) is 0 Å². The number of anilines is 1. The summed E-state index contributed by atoms with van der Waals surface area (Å²) in [6.45, 7) is 7.33. The topological polar surface area (TPSA) is 94.2 Å². The van der Waals surface area contributed by atoms with Crippen molar-refractivity contribution >= 4 is 23.5 Å². The summed E-state index contributed by atoms with van der Waals surface area (Å²) in [6.07, 6.45) is 4.02. The van der Waals surface area contributed by atoms with Gasteiger partial charge in [0.25, 0.3) is 0 Å². The third-order valence-electron chi connectivity index (χ3n) is 6.95. The Morgan fingerprint density at radius 3 is 2.38 bits per heavy atom. The molecular formula is C25H37N5O4. The summed E-state index contributed by atoms with van der Waals surface area (Å²) in [6, 6.07) is 7.73. The van der Waals surface area contributed by atoms with E-state index < -0.39 is 0 Å². The van der Waals surface area contributed by atoms with Gasteiger partial charge in [0, 0.05) is 70.4 Å². The van der Waals surface area contributed by atoms with Crippen LogP contribution in [-0.2, 0) is 20.9 Å². The highest BCUT2D eigenvalue weighted by molar-refractivity contribution is 5.90. The molecule has 0 radical (unpaired) electrons. The molecule has 3 aliphatic heterocycles. The minimum absolute atomic E-state index is 0.0112. The van der Waals surface area contributed by atoms with Crippen LogP contribution in [0, 0.1) is 5.92 Å². The van der Waals surface area contributed by atoms with Crippen LogP contribution in [0.5, 0.6) is 0 Å². The van der Waals surface area contributed by atoms with Gasteiger partial charge in [0.2, 0.25) is 11.8 Å². The highest BCUT2D eigenvalue weighted by Crippen LogP contribution is 2.20. The molecule has 0 saturated carbocycles. The summed E-state index contributed by atoms with van der Waals surface area (Å²) in [5, 5.41) is 5.99. The molecule has 1 aromatic rings. The van der Waals surface area contributed by atoms with E-state index in [0.717, 1.165) is 70.0 Å². The van der Waals surface area contributed by atoms with Gasteiger partial charge in [0.1, 0.15) is 0 Å². The number of carbonyl (C=O) groups is 3. The maximum atomic E-state index is 12.7. The quantitative estimate of drug-likeness (QED) is 0.634. The van der Waals surface area contributed by atoms with E-state index in [2.05, 4.69) is 15.5 Å². The number of nitrogens with one attached hydrogen (secondary N) is 2. The first kappa shape index (κ1) is 24.5. The van der Waals surface area contributed by atoms with Crippen LogP contribution >= 0.6 is 0 Å². The highest BCUT2D eigenvalue weighted by atomic mass is 16.5. The van der Waals surface area contributed by atoms with Crippen LogP contribution in [0.2, 0.25) is 0 Å². The average Bonchev–Trinajstić information content (AvgIpc) is 3.42. The molecule has 9 heteroatoms. The normalized spacial score (nSPS) is 19.8. The van der Waals surface area contributed by atoms with Crippen LogP contribution in [0.1, 0.15) is 37.7 Å². The van der Waals surface area contributed by atoms with Crippen molar-refractivity contribution in [2.45, 2.75) is 38.6 Å². The van der Waals surface area contributed by atoms with Crippen LogP contribution < -0.4 is 10.6 Å². The predicted octanol–water partition coefficient (Wildman–Crippen LogP) is 1.89. The van der Waals surface area contributed by atoms with E-state index in [1.54, 1.807) is 0 Å². The summed E-state index contributed by atoms with van der Waals surface area (Å²) < 4.78 is 5.34. The Morgan fingerprint density at radius 1 is 0.941 bits per heavy atom. The van der Waals surface area contributed by atoms with E-state index >= 15 is 0 Å². The van der Waals surface area contributed by atoms with Crippen molar-refractivity contribution in [3.05, 3.63) is 29.8 Å². The fourth-order valence-electron chi connectivity index (χ4n) is 4.84. The Morgan fingerprint density at radius 2 is 1.65 bits per heavy atom. The Bertz CT molecular complexity index is 843. The van der Waals surface area contributed by atoms with Crippen LogP contribution in [0.25, 0.3) is 0 Å². The SMILES string of the molecule is O=C(CCN1CCOCC1)Nc1cccc(CNC(=O)C2CCN(C(=O)N3CCCC3)CC2)c1. The smallest absolute Gasteiger partial charge is 0.319 e. The van der Waals surface area contributed by atoms with Gasteiger partial charge in [-0.05, 0) is 43.4 Å². The van der Waals surface area contributed by atoms with Gasteiger partial charge in [-0.1, -0.05) is 12.1 Å². The molecule has 186 valence electrons. The van der Waals surface area contributed by atoms with Gasteiger partial charge in [-0.25, -0.2) is 4.79 Å². The molecule has 0 bridgehead atoms. The second kappa shape index (κ2) is 12.2. The second-order valence-electron chi connectivity index (χ2n) is 9.41. The van der Waals surface area contributed by atoms with E-state index in [4.69, 9.17) is 4.74 Å². The minimum Gasteiger partial charge on any atom is -0.379 e. The molecule has 3 saturated heterocycles. The number of morpholine rings is 1. The number of benzene rings is 1. The molecule has 1 aromatic carbocycles. The number of carbonyl (C=O) groups excluding carboxylic acids is 3. The summed E-state index contributed by atoms with van der Waals surface area (Å²) in [7, 11) is 0. The molecule has 2 N–H and O–H groups in total. The predicted molar refractivity (Wildman–Crippen MR) is 129 cm³/mol. The number of ether oxygens (including phenoxy) is 1. The lowest BCUT2D eigenvalue weighted by Gasteiger charge is -2.34. The van der Waals surface area contributed by atoms with Crippen molar-refractivity contribution in [2.24, 2.45) is 5.92 Å². The van der Waals surface area contributed by atoms with Gasteiger partial charge >= 0.3 is 6.03 Å². The zero-order valence-electron chi connectivity index (χ0n) is 20.0. The highest BCUT2D eigenvalue weighted by Gasteiger charge is 2.30. The van der Waals surface area contributed by atoms with E-state index in [-0.39, 0.29) is 23.8 Å². The fraction of sp³-hybridized carbons (Fsp3) is 0.640. The number of amides is 4. The van der Waals surface area contributed by atoms with Gasteiger partial charge in [0.05, 0.1) is 13.2 Å².